The largest absolute Gasteiger partial charge is 0.493 e. The summed E-state index contributed by atoms with van der Waals surface area (Å²) in [5.74, 6) is 3.79. The summed E-state index contributed by atoms with van der Waals surface area (Å²) >= 11 is 0. The number of benzene rings is 2. The molecule has 0 spiro atoms. The number of aliphatic hydroxyl groups excluding tert-OH is 1. The minimum atomic E-state index is -0.297. The first-order valence-electron chi connectivity index (χ1n) is 9.85. The summed E-state index contributed by atoms with van der Waals surface area (Å²) in [5, 5.41) is 12.6. The van der Waals surface area contributed by atoms with Crippen LogP contribution < -0.4 is 33.7 Å². The van der Waals surface area contributed by atoms with E-state index in [0.717, 1.165) is 11.1 Å². The average Bonchev–Trinajstić information content (AvgIpc) is 3.22. The molecular weight excluding hydrogens is 390 g/mol. The van der Waals surface area contributed by atoms with Gasteiger partial charge in [0.1, 0.15) is 5.75 Å². The molecule has 0 radical (unpaired) electrons. The fraction of sp³-hybridized carbons (Fsp3) is 0.455. The monoisotopic (exact) mass is 417 g/mol. The van der Waals surface area contributed by atoms with E-state index in [4.69, 9.17) is 28.4 Å². The summed E-state index contributed by atoms with van der Waals surface area (Å²) in [6.45, 7) is 2.75. The Morgan fingerprint density at radius 2 is 1.63 bits per heavy atom. The number of hydrogen-bond donors (Lipinski definition) is 2. The van der Waals surface area contributed by atoms with Crippen molar-refractivity contribution in [3.8, 4) is 34.5 Å². The van der Waals surface area contributed by atoms with Gasteiger partial charge in [-0.1, -0.05) is 6.92 Å². The maximum Gasteiger partial charge on any atom is 0.231 e. The van der Waals surface area contributed by atoms with Crippen molar-refractivity contribution in [3.63, 3.8) is 0 Å². The third-order valence-corrected chi connectivity index (χ3v) is 5.60. The predicted molar refractivity (Wildman–Crippen MR) is 109 cm³/mol. The van der Waals surface area contributed by atoms with Crippen molar-refractivity contribution in [2.45, 2.75) is 19.1 Å². The highest BCUT2D eigenvalue weighted by Gasteiger charge is 2.38. The molecule has 4 rings (SSSR count). The van der Waals surface area contributed by atoms with Crippen LogP contribution in [0.1, 0.15) is 24.0 Å². The van der Waals surface area contributed by atoms with E-state index in [9.17, 15) is 5.11 Å². The first-order valence-corrected chi connectivity index (χ1v) is 9.85. The van der Waals surface area contributed by atoms with Crippen molar-refractivity contribution in [2.24, 2.45) is 5.92 Å². The van der Waals surface area contributed by atoms with Gasteiger partial charge >= 0.3 is 0 Å². The molecule has 2 aromatic carbocycles. The molecule has 8 nitrogen and oxygen atoms in total. The lowest BCUT2D eigenvalue weighted by molar-refractivity contribution is 0.0742. The van der Waals surface area contributed by atoms with E-state index >= 15 is 0 Å². The Kier molecular flexibility index (Phi) is 5.78. The average molecular weight is 417 g/mol. The smallest absolute Gasteiger partial charge is 0.231 e. The van der Waals surface area contributed by atoms with E-state index in [0.29, 0.717) is 41.0 Å². The first kappa shape index (κ1) is 20.4. The predicted octanol–water partition coefficient (Wildman–Crippen LogP) is 2.51. The van der Waals surface area contributed by atoms with E-state index in [2.05, 4.69) is 12.2 Å². The van der Waals surface area contributed by atoms with Gasteiger partial charge in [-0.2, -0.15) is 0 Å². The molecular formula is C22H27NO7. The van der Waals surface area contributed by atoms with E-state index in [1.807, 2.05) is 24.3 Å². The number of methoxy groups -OCH3 is 3. The molecule has 0 saturated heterocycles. The Labute approximate surface area is 175 Å². The molecule has 0 unspecified atom stereocenters. The van der Waals surface area contributed by atoms with Gasteiger partial charge in [0.15, 0.2) is 29.2 Å². The van der Waals surface area contributed by atoms with Crippen LogP contribution in [0.5, 0.6) is 34.5 Å². The molecule has 2 heterocycles. The van der Waals surface area contributed by atoms with Gasteiger partial charge in [0.2, 0.25) is 12.5 Å². The number of fused-ring (bicyclic) bond motifs is 2. The van der Waals surface area contributed by atoms with E-state index in [-0.39, 0.29) is 31.5 Å². The fourth-order valence-electron chi connectivity index (χ4n) is 4.18. The van der Waals surface area contributed by atoms with Crippen molar-refractivity contribution in [1.29, 1.82) is 0 Å². The second-order valence-electron chi connectivity index (χ2n) is 7.25. The SMILES string of the molecule is COc1cc([C@@H]2c3cc4c(cc3O[C@H](NCCO)[C@@H]2C)OCO4)cc(OC)c1OC. The van der Waals surface area contributed by atoms with Crippen LogP contribution in [0.15, 0.2) is 24.3 Å². The summed E-state index contributed by atoms with van der Waals surface area (Å²) in [6.07, 6.45) is -0.297. The number of aliphatic hydroxyl groups is 1. The second kappa shape index (κ2) is 8.49. The van der Waals surface area contributed by atoms with Crippen LogP contribution >= 0.6 is 0 Å². The van der Waals surface area contributed by atoms with E-state index in [1.54, 1.807) is 21.3 Å². The van der Waals surface area contributed by atoms with Crippen molar-refractivity contribution >= 4 is 0 Å². The van der Waals surface area contributed by atoms with Gasteiger partial charge < -0.3 is 33.5 Å². The Morgan fingerprint density at radius 1 is 0.967 bits per heavy atom. The molecule has 0 bridgehead atoms. The Hall–Kier alpha value is -2.84. The van der Waals surface area contributed by atoms with Crippen molar-refractivity contribution in [1.82, 2.24) is 5.32 Å². The highest BCUT2D eigenvalue weighted by molar-refractivity contribution is 5.60. The quantitative estimate of drug-likeness (QED) is 0.711. The van der Waals surface area contributed by atoms with Gasteiger partial charge in [-0.3, -0.25) is 5.32 Å². The number of hydrogen-bond acceptors (Lipinski definition) is 8. The molecule has 0 fully saturated rings. The lowest BCUT2D eigenvalue weighted by atomic mass is 9.78. The summed E-state index contributed by atoms with van der Waals surface area (Å²) in [6, 6.07) is 7.77. The summed E-state index contributed by atoms with van der Waals surface area (Å²) in [7, 11) is 4.79. The third-order valence-electron chi connectivity index (χ3n) is 5.60. The minimum absolute atomic E-state index is 0.0232. The Bertz CT molecular complexity index is 892. The number of ether oxygens (including phenoxy) is 6. The molecule has 2 aliphatic rings. The first-order chi connectivity index (χ1) is 14.6. The van der Waals surface area contributed by atoms with Crippen LogP contribution in [-0.2, 0) is 0 Å². The zero-order valence-corrected chi connectivity index (χ0v) is 17.6. The molecule has 2 aliphatic heterocycles. The zero-order chi connectivity index (χ0) is 21.3. The molecule has 2 aromatic rings. The maximum absolute atomic E-state index is 9.28. The number of nitrogens with one attached hydrogen (secondary N) is 1. The Morgan fingerprint density at radius 3 is 2.23 bits per heavy atom. The molecule has 3 atom stereocenters. The summed E-state index contributed by atoms with van der Waals surface area (Å²) in [5.41, 5.74) is 1.99. The van der Waals surface area contributed by atoms with E-state index < -0.39 is 0 Å². The molecule has 0 saturated carbocycles. The summed E-state index contributed by atoms with van der Waals surface area (Å²) in [4.78, 5) is 0. The lowest BCUT2D eigenvalue weighted by Crippen LogP contribution is -2.46. The molecule has 30 heavy (non-hydrogen) atoms. The van der Waals surface area contributed by atoms with Crippen LogP contribution in [0.4, 0.5) is 0 Å². The van der Waals surface area contributed by atoms with Gasteiger partial charge in [0.05, 0.1) is 27.9 Å². The topological polar surface area (TPSA) is 87.6 Å². The highest BCUT2D eigenvalue weighted by atomic mass is 16.7. The zero-order valence-electron chi connectivity index (χ0n) is 17.6. The molecule has 0 aromatic heterocycles. The van der Waals surface area contributed by atoms with Crippen LogP contribution in [0, 0.1) is 5.92 Å². The van der Waals surface area contributed by atoms with Gasteiger partial charge in [-0.05, 0) is 23.8 Å². The molecule has 8 heteroatoms. The lowest BCUT2D eigenvalue weighted by Gasteiger charge is -2.39. The molecule has 0 aliphatic carbocycles. The van der Waals surface area contributed by atoms with Crippen LogP contribution in [0.2, 0.25) is 0 Å². The van der Waals surface area contributed by atoms with Crippen molar-refractivity contribution in [2.75, 3.05) is 41.3 Å². The van der Waals surface area contributed by atoms with Gasteiger partial charge in [0, 0.05) is 30.0 Å². The normalized spacial score (nSPS) is 21.6. The van der Waals surface area contributed by atoms with Crippen LogP contribution in [0.3, 0.4) is 0 Å². The van der Waals surface area contributed by atoms with Crippen molar-refractivity contribution < 1.29 is 33.5 Å². The molecule has 0 amide bonds. The van der Waals surface area contributed by atoms with Gasteiger partial charge in [0.25, 0.3) is 0 Å². The minimum Gasteiger partial charge on any atom is -0.493 e. The van der Waals surface area contributed by atoms with Crippen LogP contribution in [-0.4, -0.2) is 52.6 Å². The molecule has 2 N–H and O–H groups in total. The third kappa shape index (κ3) is 3.46. The fourth-order valence-corrected chi connectivity index (χ4v) is 4.18. The van der Waals surface area contributed by atoms with E-state index in [1.165, 1.54) is 0 Å². The van der Waals surface area contributed by atoms with Gasteiger partial charge in [-0.25, -0.2) is 0 Å². The highest BCUT2D eigenvalue weighted by Crippen LogP contribution is 2.51. The maximum atomic E-state index is 9.28. The van der Waals surface area contributed by atoms with Crippen LogP contribution in [0.25, 0.3) is 0 Å². The van der Waals surface area contributed by atoms with Gasteiger partial charge in [-0.15, -0.1) is 0 Å². The standard InChI is InChI=1S/C22H27NO7/c1-12-20(13-7-18(25-2)21(27-4)19(8-13)26-3)14-9-16-17(29-11-28-16)10-15(14)30-22(12)23-5-6-24/h7-10,12,20,22-24H,5-6,11H2,1-4H3/t12-,20-,22+/m1/s1. The molecule has 162 valence electrons. The van der Waals surface area contributed by atoms with Crippen molar-refractivity contribution in [3.05, 3.63) is 35.4 Å². The number of rotatable bonds is 7. The second-order valence-corrected chi connectivity index (χ2v) is 7.25. The summed E-state index contributed by atoms with van der Waals surface area (Å²) < 4.78 is 34.0. The Balaban J connectivity index is 1.85.